The Hall–Kier alpha value is -1.03. The van der Waals surface area contributed by atoms with Crippen molar-refractivity contribution in [3.05, 3.63) is 63.1 Å². The molecule has 18 heavy (non-hydrogen) atoms. The van der Waals surface area contributed by atoms with Crippen molar-refractivity contribution in [1.82, 2.24) is 0 Å². The maximum Gasteiger partial charge on any atom is 0.125 e. The maximum absolute atomic E-state index is 5.83. The zero-order chi connectivity index (χ0) is 13.0. The molecule has 2 aromatic carbocycles. The lowest BCUT2D eigenvalue weighted by molar-refractivity contribution is 0.303. The van der Waals surface area contributed by atoms with Gasteiger partial charge in [0.15, 0.2) is 0 Å². The highest BCUT2D eigenvalue weighted by molar-refractivity contribution is 9.10. The molecule has 0 fully saturated rings. The van der Waals surface area contributed by atoms with Gasteiger partial charge in [-0.3, -0.25) is 0 Å². The van der Waals surface area contributed by atoms with Gasteiger partial charge in [-0.15, -0.1) is 0 Å². The van der Waals surface area contributed by atoms with Crippen molar-refractivity contribution in [2.75, 3.05) is 0 Å². The van der Waals surface area contributed by atoms with Crippen LogP contribution in [-0.2, 0) is 13.2 Å². The lowest BCUT2D eigenvalue weighted by Crippen LogP contribution is -2.03. The highest BCUT2D eigenvalue weighted by Gasteiger charge is 2.06. The second-order valence-corrected chi connectivity index (χ2v) is 5.13. The summed E-state index contributed by atoms with van der Waals surface area (Å²) in [7, 11) is 0. The monoisotopic (exact) mass is 325 g/mol. The number of hydrogen-bond donors (Lipinski definition) is 1. The Morgan fingerprint density at radius 3 is 2.50 bits per heavy atom. The van der Waals surface area contributed by atoms with Crippen molar-refractivity contribution in [3.8, 4) is 5.75 Å². The Morgan fingerprint density at radius 2 is 1.83 bits per heavy atom. The fraction of sp³-hybridized carbons (Fsp3) is 0.143. The van der Waals surface area contributed by atoms with Crippen LogP contribution in [0, 0.1) is 0 Å². The Labute approximate surface area is 120 Å². The first-order valence-electron chi connectivity index (χ1n) is 5.55. The van der Waals surface area contributed by atoms with E-state index in [1.165, 1.54) is 0 Å². The molecule has 0 saturated heterocycles. The van der Waals surface area contributed by atoms with E-state index in [-0.39, 0.29) is 0 Å². The van der Waals surface area contributed by atoms with Gasteiger partial charge in [-0.2, -0.15) is 0 Å². The molecule has 0 heterocycles. The van der Waals surface area contributed by atoms with Gasteiger partial charge >= 0.3 is 0 Å². The molecule has 0 radical (unpaired) electrons. The van der Waals surface area contributed by atoms with Crippen LogP contribution in [0.15, 0.2) is 46.9 Å². The first-order chi connectivity index (χ1) is 8.70. The van der Waals surface area contributed by atoms with Gasteiger partial charge in [-0.05, 0) is 29.8 Å². The van der Waals surface area contributed by atoms with Gasteiger partial charge < -0.3 is 10.5 Å². The van der Waals surface area contributed by atoms with Crippen molar-refractivity contribution in [3.63, 3.8) is 0 Å². The topological polar surface area (TPSA) is 35.2 Å². The standard InChI is InChI=1S/C14H13BrClNO/c15-13-2-1-3-14(12(13)8-17)18-9-10-4-6-11(16)7-5-10/h1-7H,8-9,17H2. The summed E-state index contributed by atoms with van der Waals surface area (Å²) in [5.74, 6) is 0.807. The molecule has 0 atom stereocenters. The van der Waals surface area contributed by atoms with E-state index >= 15 is 0 Å². The van der Waals surface area contributed by atoms with Crippen molar-refractivity contribution in [1.29, 1.82) is 0 Å². The van der Waals surface area contributed by atoms with E-state index in [1.807, 2.05) is 42.5 Å². The third kappa shape index (κ3) is 3.25. The number of nitrogens with two attached hydrogens (primary N) is 1. The van der Waals surface area contributed by atoms with Gasteiger partial charge in [0, 0.05) is 21.6 Å². The zero-order valence-electron chi connectivity index (χ0n) is 9.70. The fourth-order valence-electron chi connectivity index (χ4n) is 1.61. The number of benzene rings is 2. The highest BCUT2D eigenvalue weighted by Crippen LogP contribution is 2.27. The molecule has 2 aromatic rings. The highest BCUT2D eigenvalue weighted by atomic mass is 79.9. The third-order valence-electron chi connectivity index (χ3n) is 2.59. The van der Waals surface area contributed by atoms with Crippen LogP contribution in [0.3, 0.4) is 0 Å². The van der Waals surface area contributed by atoms with E-state index in [2.05, 4.69) is 15.9 Å². The number of ether oxygens (including phenoxy) is 1. The summed E-state index contributed by atoms with van der Waals surface area (Å²) in [6, 6.07) is 13.4. The molecule has 0 aliphatic heterocycles. The minimum absolute atomic E-state index is 0.442. The summed E-state index contributed by atoms with van der Waals surface area (Å²) in [6.07, 6.45) is 0. The van der Waals surface area contributed by atoms with Crippen LogP contribution in [0.1, 0.15) is 11.1 Å². The molecule has 0 aliphatic rings. The van der Waals surface area contributed by atoms with Crippen LogP contribution in [0.25, 0.3) is 0 Å². The van der Waals surface area contributed by atoms with E-state index in [1.54, 1.807) is 0 Å². The first-order valence-corrected chi connectivity index (χ1v) is 6.72. The van der Waals surface area contributed by atoms with E-state index in [9.17, 15) is 0 Å². The summed E-state index contributed by atoms with van der Waals surface area (Å²) >= 11 is 9.30. The van der Waals surface area contributed by atoms with Crippen LogP contribution in [0.4, 0.5) is 0 Å². The minimum Gasteiger partial charge on any atom is -0.489 e. The summed E-state index contributed by atoms with van der Waals surface area (Å²) in [6.45, 7) is 0.942. The van der Waals surface area contributed by atoms with E-state index < -0.39 is 0 Å². The lowest BCUT2D eigenvalue weighted by atomic mass is 10.2. The molecular formula is C14H13BrClNO. The van der Waals surface area contributed by atoms with Crippen molar-refractivity contribution in [2.45, 2.75) is 13.2 Å². The largest absolute Gasteiger partial charge is 0.489 e. The van der Waals surface area contributed by atoms with Crippen molar-refractivity contribution in [2.24, 2.45) is 5.73 Å². The molecule has 0 unspecified atom stereocenters. The third-order valence-corrected chi connectivity index (χ3v) is 3.58. The second-order valence-electron chi connectivity index (χ2n) is 3.84. The summed E-state index contributed by atoms with van der Waals surface area (Å²) in [5.41, 5.74) is 7.76. The average molecular weight is 327 g/mol. The molecule has 0 aliphatic carbocycles. The average Bonchev–Trinajstić information content (AvgIpc) is 2.38. The fourth-order valence-corrected chi connectivity index (χ4v) is 2.25. The first kappa shape index (κ1) is 13.4. The van der Waals surface area contributed by atoms with Gasteiger partial charge in [0.2, 0.25) is 0 Å². The molecule has 2 N–H and O–H groups in total. The molecule has 94 valence electrons. The Balaban J connectivity index is 2.10. The van der Waals surface area contributed by atoms with E-state index in [0.717, 1.165) is 26.4 Å². The lowest BCUT2D eigenvalue weighted by Gasteiger charge is -2.11. The smallest absolute Gasteiger partial charge is 0.125 e. The van der Waals surface area contributed by atoms with Crippen LogP contribution < -0.4 is 10.5 Å². The van der Waals surface area contributed by atoms with Crippen LogP contribution >= 0.6 is 27.5 Å². The Morgan fingerprint density at radius 1 is 1.11 bits per heavy atom. The van der Waals surface area contributed by atoms with Gasteiger partial charge in [-0.1, -0.05) is 45.7 Å². The number of hydrogen-bond acceptors (Lipinski definition) is 2. The molecule has 0 saturated carbocycles. The van der Waals surface area contributed by atoms with Crippen LogP contribution in [-0.4, -0.2) is 0 Å². The van der Waals surface area contributed by atoms with Gasteiger partial charge in [0.1, 0.15) is 12.4 Å². The van der Waals surface area contributed by atoms with Crippen molar-refractivity contribution < 1.29 is 4.74 Å². The molecule has 0 bridgehead atoms. The normalized spacial score (nSPS) is 10.4. The summed E-state index contributed by atoms with van der Waals surface area (Å²) < 4.78 is 6.75. The van der Waals surface area contributed by atoms with E-state index in [4.69, 9.17) is 22.1 Å². The molecule has 4 heteroatoms. The number of rotatable bonds is 4. The summed E-state index contributed by atoms with van der Waals surface area (Å²) in [4.78, 5) is 0. The Kier molecular flexibility index (Phi) is 4.64. The maximum atomic E-state index is 5.83. The predicted molar refractivity (Wildman–Crippen MR) is 77.8 cm³/mol. The van der Waals surface area contributed by atoms with Crippen LogP contribution in [0.5, 0.6) is 5.75 Å². The zero-order valence-corrected chi connectivity index (χ0v) is 12.0. The molecule has 0 spiro atoms. The molecule has 2 nitrogen and oxygen atoms in total. The van der Waals surface area contributed by atoms with Gasteiger partial charge in [0.05, 0.1) is 0 Å². The van der Waals surface area contributed by atoms with Crippen molar-refractivity contribution >= 4 is 27.5 Å². The molecule has 0 amide bonds. The number of halogens is 2. The van der Waals surface area contributed by atoms with Gasteiger partial charge in [-0.25, -0.2) is 0 Å². The van der Waals surface area contributed by atoms with Crippen LogP contribution in [0.2, 0.25) is 5.02 Å². The SMILES string of the molecule is NCc1c(Br)cccc1OCc1ccc(Cl)cc1. The quantitative estimate of drug-likeness (QED) is 0.916. The minimum atomic E-state index is 0.442. The Bertz CT molecular complexity index is 528. The van der Waals surface area contributed by atoms with E-state index in [0.29, 0.717) is 13.2 Å². The molecule has 2 rings (SSSR count). The molecular weight excluding hydrogens is 314 g/mol. The predicted octanol–water partition coefficient (Wildman–Crippen LogP) is 4.14. The van der Waals surface area contributed by atoms with Gasteiger partial charge in [0.25, 0.3) is 0 Å². The second kappa shape index (κ2) is 6.23. The molecule has 0 aromatic heterocycles. The summed E-state index contributed by atoms with van der Waals surface area (Å²) in [5, 5.41) is 0.726.